The summed E-state index contributed by atoms with van der Waals surface area (Å²) in [6.45, 7) is -0.0986. The van der Waals surface area contributed by atoms with Crippen LogP contribution in [0.25, 0.3) is 0 Å². The number of rotatable bonds is 9. The van der Waals surface area contributed by atoms with Crippen LogP contribution in [-0.4, -0.2) is 36.4 Å². The smallest absolute Gasteiger partial charge is 0.261 e. The SMILES string of the molecule is CNC(=O)[C@H](Cc1ccccc1)N(Cc1ccc(Cl)cc1Cl)C(=O)COc1ccc(Br)cc1. The first-order valence-electron chi connectivity index (χ1n) is 10.2. The summed E-state index contributed by atoms with van der Waals surface area (Å²) < 4.78 is 6.61. The molecule has 0 fully saturated rings. The Bertz CT molecular complexity index is 1090. The Morgan fingerprint density at radius 2 is 1.73 bits per heavy atom. The monoisotopic (exact) mass is 548 g/mol. The van der Waals surface area contributed by atoms with E-state index in [0.29, 0.717) is 27.8 Å². The Labute approximate surface area is 211 Å². The molecule has 3 rings (SSSR count). The number of carbonyl (C=O) groups excluding carboxylic acids is 2. The van der Waals surface area contributed by atoms with Gasteiger partial charge in [0, 0.05) is 34.5 Å². The number of hydrogen-bond donors (Lipinski definition) is 1. The Balaban J connectivity index is 1.89. The summed E-state index contributed by atoms with van der Waals surface area (Å²) in [5, 5.41) is 3.59. The zero-order chi connectivity index (χ0) is 23.8. The second-order valence-electron chi connectivity index (χ2n) is 7.32. The van der Waals surface area contributed by atoms with Crippen molar-refractivity contribution in [3.63, 3.8) is 0 Å². The molecule has 33 heavy (non-hydrogen) atoms. The van der Waals surface area contributed by atoms with Gasteiger partial charge in [-0.15, -0.1) is 0 Å². The molecule has 0 unspecified atom stereocenters. The molecule has 0 aliphatic carbocycles. The van der Waals surface area contributed by atoms with Crippen molar-refractivity contribution in [3.05, 3.63) is 98.4 Å². The number of benzene rings is 3. The predicted octanol–water partition coefficient (Wildman–Crippen LogP) is 5.52. The standard InChI is InChI=1S/C25H23BrCl2N2O3/c1-29-25(32)23(13-17-5-3-2-4-6-17)30(15-18-7-10-20(27)14-22(18)28)24(31)16-33-21-11-8-19(26)9-12-21/h2-12,14,23H,13,15-16H2,1H3,(H,29,32)/t23-/m0/s1. The first-order chi connectivity index (χ1) is 15.9. The Kier molecular flexibility index (Phi) is 9.18. The molecule has 0 aliphatic heterocycles. The van der Waals surface area contributed by atoms with Crippen LogP contribution < -0.4 is 10.1 Å². The number of nitrogens with one attached hydrogen (secondary N) is 1. The molecule has 0 spiro atoms. The van der Waals surface area contributed by atoms with E-state index < -0.39 is 6.04 Å². The topological polar surface area (TPSA) is 58.6 Å². The number of amides is 2. The fourth-order valence-electron chi connectivity index (χ4n) is 3.31. The van der Waals surface area contributed by atoms with Crippen LogP contribution in [-0.2, 0) is 22.6 Å². The van der Waals surface area contributed by atoms with Crippen molar-refractivity contribution in [1.82, 2.24) is 10.2 Å². The van der Waals surface area contributed by atoms with Crippen molar-refractivity contribution >= 4 is 50.9 Å². The van der Waals surface area contributed by atoms with Gasteiger partial charge in [0.25, 0.3) is 5.91 Å². The van der Waals surface area contributed by atoms with Gasteiger partial charge < -0.3 is 15.0 Å². The number of ether oxygens (including phenoxy) is 1. The molecule has 3 aromatic carbocycles. The fourth-order valence-corrected chi connectivity index (χ4v) is 4.05. The molecule has 1 atom stereocenters. The van der Waals surface area contributed by atoms with Gasteiger partial charge in [0.2, 0.25) is 5.91 Å². The molecule has 3 aromatic rings. The average molecular weight is 550 g/mol. The van der Waals surface area contributed by atoms with E-state index in [0.717, 1.165) is 10.0 Å². The second-order valence-corrected chi connectivity index (χ2v) is 9.08. The van der Waals surface area contributed by atoms with Crippen molar-refractivity contribution < 1.29 is 14.3 Å². The zero-order valence-electron chi connectivity index (χ0n) is 17.9. The van der Waals surface area contributed by atoms with E-state index in [1.54, 1.807) is 37.4 Å². The highest BCUT2D eigenvalue weighted by Crippen LogP contribution is 2.24. The first-order valence-corrected chi connectivity index (χ1v) is 11.8. The Hall–Kier alpha value is -2.54. The van der Waals surface area contributed by atoms with E-state index in [2.05, 4.69) is 21.2 Å². The van der Waals surface area contributed by atoms with Crippen molar-refractivity contribution in [2.75, 3.05) is 13.7 Å². The summed E-state index contributed by atoms with van der Waals surface area (Å²) >= 11 is 15.8. The Morgan fingerprint density at radius 3 is 2.36 bits per heavy atom. The summed E-state index contributed by atoms with van der Waals surface area (Å²) in [6, 6.07) is 21.0. The third-order valence-corrected chi connectivity index (χ3v) is 6.16. The van der Waals surface area contributed by atoms with Gasteiger partial charge in [0.15, 0.2) is 6.61 Å². The molecule has 172 valence electrons. The van der Waals surface area contributed by atoms with E-state index >= 15 is 0 Å². The van der Waals surface area contributed by atoms with Gasteiger partial charge in [-0.2, -0.15) is 0 Å². The van der Waals surface area contributed by atoms with Crippen LogP contribution >= 0.6 is 39.1 Å². The first kappa shape index (κ1) is 25.1. The van der Waals surface area contributed by atoms with Gasteiger partial charge in [0.1, 0.15) is 11.8 Å². The van der Waals surface area contributed by atoms with Crippen LogP contribution in [0.4, 0.5) is 0 Å². The number of carbonyl (C=O) groups is 2. The lowest BCUT2D eigenvalue weighted by Gasteiger charge is -2.31. The van der Waals surface area contributed by atoms with E-state index in [9.17, 15) is 9.59 Å². The van der Waals surface area contributed by atoms with Gasteiger partial charge in [-0.3, -0.25) is 9.59 Å². The van der Waals surface area contributed by atoms with Gasteiger partial charge in [-0.05, 0) is 47.5 Å². The van der Waals surface area contributed by atoms with E-state index in [4.69, 9.17) is 27.9 Å². The van der Waals surface area contributed by atoms with Crippen molar-refractivity contribution in [1.29, 1.82) is 0 Å². The number of hydrogen-bond acceptors (Lipinski definition) is 3. The minimum Gasteiger partial charge on any atom is -0.484 e. The molecular formula is C25H23BrCl2N2O3. The van der Waals surface area contributed by atoms with Crippen LogP contribution in [0.5, 0.6) is 5.75 Å². The van der Waals surface area contributed by atoms with Crippen LogP contribution in [0.15, 0.2) is 77.3 Å². The van der Waals surface area contributed by atoms with E-state index in [1.165, 1.54) is 4.90 Å². The van der Waals surface area contributed by atoms with Gasteiger partial charge in [-0.25, -0.2) is 0 Å². The summed E-state index contributed by atoms with van der Waals surface area (Å²) in [4.78, 5) is 27.8. The van der Waals surface area contributed by atoms with Gasteiger partial charge in [0.05, 0.1) is 0 Å². The minimum atomic E-state index is -0.759. The summed E-state index contributed by atoms with van der Waals surface area (Å²) in [5.74, 6) is -0.0648. The molecule has 0 bridgehead atoms. The third-order valence-electron chi connectivity index (χ3n) is 5.05. The number of halogens is 3. The summed E-state index contributed by atoms with van der Waals surface area (Å²) in [7, 11) is 1.55. The van der Waals surface area contributed by atoms with E-state index in [-0.39, 0.29) is 25.0 Å². The minimum absolute atomic E-state index is 0.128. The molecule has 0 aliphatic rings. The van der Waals surface area contributed by atoms with Crippen LogP contribution in [0.3, 0.4) is 0 Å². The van der Waals surface area contributed by atoms with Gasteiger partial charge >= 0.3 is 0 Å². The molecule has 8 heteroatoms. The summed E-state index contributed by atoms with van der Waals surface area (Å²) in [5.41, 5.74) is 1.61. The zero-order valence-corrected chi connectivity index (χ0v) is 21.0. The van der Waals surface area contributed by atoms with Crippen LogP contribution in [0.1, 0.15) is 11.1 Å². The average Bonchev–Trinajstić information content (AvgIpc) is 2.82. The maximum absolute atomic E-state index is 13.4. The number of nitrogens with zero attached hydrogens (tertiary/aromatic N) is 1. The largest absolute Gasteiger partial charge is 0.484 e. The Morgan fingerprint density at radius 1 is 1.03 bits per heavy atom. The molecule has 0 radical (unpaired) electrons. The maximum Gasteiger partial charge on any atom is 0.261 e. The lowest BCUT2D eigenvalue weighted by atomic mass is 10.0. The number of likely N-dealkylation sites (N-methyl/N-ethyl adjacent to an activating group) is 1. The molecule has 0 heterocycles. The van der Waals surface area contributed by atoms with Gasteiger partial charge in [-0.1, -0.05) is 75.5 Å². The molecule has 5 nitrogen and oxygen atoms in total. The lowest BCUT2D eigenvalue weighted by molar-refractivity contribution is -0.142. The molecule has 0 saturated carbocycles. The summed E-state index contributed by atoms with van der Waals surface area (Å²) in [6.07, 6.45) is 0.343. The molecule has 2 amide bonds. The highest BCUT2D eigenvalue weighted by atomic mass is 79.9. The van der Waals surface area contributed by atoms with Crippen molar-refractivity contribution in [3.8, 4) is 5.75 Å². The molecule has 1 N–H and O–H groups in total. The van der Waals surface area contributed by atoms with Crippen LogP contribution in [0.2, 0.25) is 10.0 Å². The maximum atomic E-state index is 13.4. The second kappa shape index (κ2) is 12.1. The quantitative estimate of drug-likeness (QED) is 0.382. The fraction of sp³-hybridized carbons (Fsp3) is 0.200. The van der Waals surface area contributed by atoms with Crippen molar-refractivity contribution in [2.45, 2.75) is 19.0 Å². The third kappa shape index (κ3) is 7.22. The lowest BCUT2D eigenvalue weighted by Crippen LogP contribution is -2.51. The molecule has 0 saturated heterocycles. The van der Waals surface area contributed by atoms with E-state index in [1.807, 2.05) is 42.5 Å². The molecule has 0 aromatic heterocycles. The molecular weight excluding hydrogens is 527 g/mol. The van der Waals surface area contributed by atoms with Crippen LogP contribution in [0, 0.1) is 0 Å². The highest BCUT2D eigenvalue weighted by molar-refractivity contribution is 9.10. The predicted molar refractivity (Wildman–Crippen MR) is 135 cm³/mol. The highest BCUT2D eigenvalue weighted by Gasteiger charge is 2.30. The normalized spacial score (nSPS) is 11.5. The van der Waals surface area contributed by atoms with Crippen molar-refractivity contribution in [2.24, 2.45) is 0 Å².